The molecule has 96 valence electrons. The van der Waals surface area contributed by atoms with Crippen molar-refractivity contribution in [1.82, 2.24) is 14.9 Å². The molecule has 3 nitrogen and oxygen atoms in total. The Kier molecular flexibility index (Phi) is 4.79. The molecule has 2 rings (SSSR count). The number of imidazole rings is 1. The molecule has 1 aromatic carbocycles. The second-order valence-corrected chi connectivity index (χ2v) is 4.73. The number of hydrogen-bond acceptors (Lipinski definition) is 2. The molecule has 1 N–H and O–H groups in total. The number of rotatable bonds is 6. The van der Waals surface area contributed by atoms with E-state index in [1.807, 2.05) is 31.5 Å². The fourth-order valence-electron chi connectivity index (χ4n) is 1.85. The minimum Gasteiger partial charge on any atom is -0.334 e. The minimum atomic E-state index is 0.794. The van der Waals surface area contributed by atoms with Gasteiger partial charge in [-0.25, -0.2) is 4.98 Å². The molecule has 0 aliphatic rings. The molecule has 0 saturated heterocycles. The SMILES string of the molecule is Cc1nccn1CCNCCc1ccc(Cl)cc1. The number of nitrogens with zero attached hydrogens (tertiary/aromatic N) is 2. The van der Waals surface area contributed by atoms with E-state index in [9.17, 15) is 0 Å². The Morgan fingerprint density at radius 1 is 1.22 bits per heavy atom. The molecule has 1 heterocycles. The predicted molar refractivity (Wildman–Crippen MR) is 75.0 cm³/mol. The Morgan fingerprint density at radius 2 is 2.00 bits per heavy atom. The summed E-state index contributed by atoms with van der Waals surface area (Å²) in [6.07, 6.45) is 4.87. The highest BCUT2D eigenvalue weighted by Crippen LogP contribution is 2.09. The highest BCUT2D eigenvalue weighted by molar-refractivity contribution is 6.30. The van der Waals surface area contributed by atoms with Crippen LogP contribution in [0.25, 0.3) is 0 Å². The van der Waals surface area contributed by atoms with Gasteiger partial charge in [-0.2, -0.15) is 0 Å². The smallest absolute Gasteiger partial charge is 0.105 e. The molecule has 0 fully saturated rings. The van der Waals surface area contributed by atoms with Crippen molar-refractivity contribution in [2.45, 2.75) is 19.9 Å². The van der Waals surface area contributed by atoms with Crippen LogP contribution in [0.15, 0.2) is 36.7 Å². The lowest BCUT2D eigenvalue weighted by Gasteiger charge is -2.07. The molecule has 1 aromatic heterocycles. The third-order valence-corrected chi connectivity index (χ3v) is 3.21. The lowest BCUT2D eigenvalue weighted by atomic mass is 10.1. The Bertz CT molecular complexity index is 476. The largest absolute Gasteiger partial charge is 0.334 e. The molecule has 0 bridgehead atoms. The molecule has 0 aliphatic heterocycles. The Hall–Kier alpha value is -1.32. The molecular weight excluding hydrogens is 246 g/mol. The summed E-state index contributed by atoms with van der Waals surface area (Å²) >= 11 is 5.84. The summed E-state index contributed by atoms with van der Waals surface area (Å²) in [6, 6.07) is 8.02. The third kappa shape index (κ3) is 3.86. The Balaban J connectivity index is 1.64. The average molecular weight is 264 g/mol. The van der Waals surface area contributed by atoms with E-state index < -0.39 is 0 Å². The van der Waals surface area contributed by atoms with Crippen molar-refractivity contribution in [3.63, 3.8) is 0 Å². The van der Waals surface area contributed by atoms with Crippen LogP contribution in [0.1, 0.15) is 11.4 Å². The quantitative estimate of drug-likeness (QED) is 0.812. The van der Waals surface area contributed by atoms with Crippen molar-refractivity contribution in [2.24, 2.45) is 0 Å². The van der Waals surface area contributed by atoms with Gasteiger partial charge in [0.2, 0.25) is 0 Å². The molecule has 2 aromatic rings. The molecule has 0 aliphatic carbocycles. The summed E-state index contributed by atoms with van der Waals surface area (Å²) in [5.41, 5.74) is 1.31. The van der Waals surface area contributed by atoms with Crippen LogP contribution in [-0.2, 0) is 13.0 Å². The topological polar surface area (TPSA) is 29.9 Å². The van der Waals surface area contributed by atoms with Crippen molar-refractivity contribution in [3.8, 4) is 0 Å². The zero-order valence-corrected chi connectivity index (χ0v) is 11.3. The maximum atomic E-state index is 5.84. The van der Waals surface area contributed by atoms with Crippen LogP contribution < -0.4 is 5.32 Å². The lowest BCUT2D eigenvalue weighted by molar-refractivity contribution is 0.588. The Labute approximate surface area is 113 Å². The summed E-state index contributed by atoms with van der Waals surface area (Å²) in [6.45, 7) is 4.93. The third-order valence-electron chi connectivity index (χ3n) is 2.96. The van der Waals surface area contributed by atoms with E-state index in [-0.39, 0.29) is 0 Å². The number of aromatic nitrogens is 2. The van der Waals surface area contributed by atoms with Crippen molar-refractivity contribution in [3.05, 3.63) is 53.1 Å². The van der Waals surface area contributed by atoms with Gasteiger partial charge in [0.1, 0.15) is 5.82 Å². The van der Waals surface area contributed by atoms with Gasteiger partial charge in [0.25, 0.3) is 0 Å². The van der Waals surface area contributed by atoms with Gasteiger partial charge >= 0.3 is 0 Å². The summed E-state index contributed by atoms with van der Waals surface area (Å²) in [4.78, 5) is 4.19. The number of benzene rings is 1. The number of hydrogen-bond donors (Lipinski definition) is 1. The molecule has 0 amide bonds. The van der Waals surface area contributed by atoms with Crippen LogP contribution in [0.3, 0.4) is 0 Å². The van der Waals surface area contributed by atoms with E-state index in [0.717, 1.165) is 36.9 Å². The first-order valence-corrected chi connectivity index (χ1v) is 6.56. The van der Waals surface area contributed by atoms with Gasteiger partial charge in [-0.3, -0.25) is 0 Å². The lowest BCUT2D eigenvalue weighted by Crippen LogP contribution is -2.22. The summed E-state index contributed by atoms with van der Waals surface area (Å²) in [5, 5.41) is 4.23. The van der Waals surface area contributed by atoms with Crippen LogP contribution in [0, 0.1) is 6.92 Å². The predicted octanol–water partition coefficient (Wildman–Crippen LogP) is 2.68. The van der Waals surface area contributed by atoms with E-state index in [0.29, 0.717) is 0 Å². The first-order valence-electron chi connectivity index (χ1n) is 6.18. The second kappa shape index (κ2) is 6.57. The number of halogens is 1. The molecular formula is C14H18ClN3. The van der Waals surface area contributed by atoms with E-state index in [1.165, 1.54) is 5.56 Å². The number of nitrogens with one attached hydrogen (secondary N) is 1. The maximum Gasteiger partial charge on any atom is 0.105 e. The molecule has 0 spiro atoms. The monoisotopic (exact) mass is 263 g/mol. The van der Waals surface area contributed by atoms with Crippen molar-refractivity contribution >= 4 is 11.6 Å². The molecule has 0 atom stereocenters. The van der Waals surface area contributed by atoms with Gasteiger partial charge in [0.05, 0.1) is 0 Å². The fourth-order valence-corrected chi connectivity index (χ4v) is 1.97. The van der Waals surface area contributed by atoms with Crippen molar-refractivity contribution in [2.75, 3.05) is 13.1 Å². The molecule has 18 heavy (non-hydrogen) atoms. The van der Waals surface area contributed by atoms with E-state index in [4.69, 9.17) is 11.6 Å². The molecule has 0 saturated carbocycles. The zero-order valence-electron chi connectivity index (χ0n) is 10.6. The standard InChI is InChI=1S/C14H18ClN3/c1-12-17-9-11-18(12)10-8-16-7-6-13-2-4-14(15)5-3-13/h2-5,9,11,16H,6-8,10H2,1H3. The van der Waals surface area contributed by atoms with Crippen LogP contribution >= 0.6 is 11.6 Å². The van der Waals surface area contributed by atoms with Gasteiger partial charge < -0.3 is 9.88 Å². The normalized spacial score (nSPS) is 10.8. The van der Waals surface area contributed by atoms with Gasteiger partial charge in [-0.1, -0.05) is 23.7 Å². The first kappa shape index (κ1) is 13.1. The van der Waals surface area contributed by atoms with Gasteiger partial charge in [0.15, 0.2) is 0 Å². The highest BCUT2D eigenvalue weighted by atomic mass is 35.5. The summed E-state index contributed by atoms with van der Waals surface area (Å²) in [5.74, 6) is 1.06. The van der Waals surface area contributed by atoms with Gasteiger partial charge in [-0.15, -0.1) is 0 Å². The minimum absolute atomic E-state index is 0.794. The van der Waals surface area contributed by atoms with E-state index in [1.54, 1.807) is 0 Å². The first-order chi connectivity index (χ1) is 8.75. The average Bonchev–Trinajstić information content (AvgIpc) is 2.77. The van der Waals surface area contributed by atoms with Gasteiger partial charge in [0, 0.05) is 30.5 Å². The van der Waals surface area contributed by atoms with Crippen LogP contribution in [-0.4, -0.2) is 22.6 Å². The number of aryl methyl sites for hydroxylation is 1. The fraction of sp³-hybridized carbons (Fsp3) is 0.357. The Morgan fingerprint density at radius 3 is 2.67 bits per heavy atom. The maximum absolute atomic E-state index is 5.84. The second-order valence-electron chi connectivity index (χ2n) is 4.29. The molecule has 4 heteroatoms. The summed E-state index contributed by atoms with van der Waals surface area (Å²) in [7, 11) is 0. The van der Waals surface area contributed by atoms with Crippen LogP contribution in [0.4, 0.5) is 0 Å². The molecule has 0 unspecified atom stereocenters. The zero-order chi connectivity index (χ0) is 12.8. The van der Waals surface area contributed by atoms with Crippen LogP contribution in [0.5, 0.6) is 0 Å². The highest BCUT2D eigenvalue weighted by Gasteiger charge is 1.96. The van der Waals surface area contributed by atoms with Crippen molar-refractivity contribution in [1.29, 1.82) is 0 Å². The molecule has 0 radical (unpaired) electrons. The van der Waals surface area contributed by atoms with E-state index in [2.05, 4.69) is 27.0 Å². The van der Waals surface area contributed by atoms with Gasteiger partial charge in [-0.05, 0) is 37.6 Å². The van der Waals surface area contributed by atoms with Crippen LogP contribution in [0.2, 0.25) is 5.02 Å². The van der Waals surface area contributed by atoms with Crippen molar-refractivity contribution < 1.29 is 0 Å². The van der Waals surface area contributed by atoms with E-state index >= 15 is 0 Å². The summed E-state index contributed by atoms with van der Waals surface area (Å²) < 4.78 is 2.15.